The monoisotopic (exact) mass is 417 g/mol. The van der Waals surface area contributed by atoms with Crippen LogP contribution in [0.25, 0.3) is 22.2 Å². The highest BCUT2D eigenvalue weighted by molar-refractivity contribution is 5.88. The molecule has 1 atom stereocenters. The molecule has 1 aromatic carbocycles. The highest BCUT2D eigenvalue weighted by Crippen LogP contribution is 2.36. The second-order valence-corrected chi connectivity index (χ2v) is 9.18. The molecular formula is C25H28FN5. The van der Waals surface area contributed by atoms with Crippen LogP contribution in [0.3, 0.4) is 0 Å². The molecular weight excluding hydrogens is 389 g/mol. The Hall–Kier alpha value is -2.91. The highest BCUT2D eigenvalue weighted by atomic mass is 19.1. The van der Waals surface area contributed by atoms with Gasteiger partial charge < -0.3 is 14.8 Å². The molecule has 0 spiro atoms. The Bertz CT molecular complexity index is 1110. The fraction of sp³-hybridized carbons (Fsp3) is 0.440. The molecule has 0 aliphatic carbocycles. The van der Waals surface area contributed by atoms with Crippen LogP contribution in [0, 0.1) is 17.2 Å². The number of nitrogens with one attached hydrogen (secondary N) is 1. The van der Waals surface area contributed by atoms with Crippen molar-refractivity contribution in [1.29, 1.82) is 5.26 Å². The second kappa shape index (κ2) is 7.97. The average Bonchev–Trinajstić information content (AvgIpc) is 3.43. The van der Waals surface area contributed by atoms with Crippen LogP contribution < -0.4 is 10.2 Å². The summed E-state index contributed by atoms with van der Waals surface area (Å²) in [5.74, 6) is 1.55. The van der Waals surface area contributed by atoms with Gasteiger partial charge in [-0.25, -0.2) is 9.37 Å². The number of nitriles is 1. The highest BCUT2D eigenvalue weighted by Gasteiger charge is 2.31. The van der Waals surface area contributed by atoms with E-state index in [1.807, 2.05) is 24.3 Å². The predicted octanol–water partition coefficient (Wildman–Crippen LogP) is 4.51. The molecule has 0 unspecified atom stereocenters. The molecule has 1 N–H and O–H groups in total. The zero-order valence-corrected chi connectivity index (χ0v) is 17.9. The van der Waals surface area contributed by atoms with E-state index in [4.69, 9.17) is 4.98 Å². The standard InChI is InChI=1S/C25H28FN5/c1-25(26)8-12-30(13-9-25)24-21(20-4-2-18(15-27)3-5-20)14-23-22(29-24)7-11-31(23)17-19-6-10-28-16-19/h2-5,7,11,14,19,28H,6,8-10,12-13,16-17H2,1H3/t19-/m0/s1. The number of halogens is 1. The number of hydrogen-bond donors (Lipinski definition) is 1. The molecule has 4 heterocycles. The van der Waals surface area contributed by atoms with E-state index in [1.165, 1.54) is 6.42 Å². The summed E-state index contributed by atoms with van der Waals surface area (Å²) in [6.45, 7) is 6.13. The molecule has 31 heavy (non-hydrogen) atoms. The van der Waals surface area contributed by atoms with Crippen molar-refractivity contribution in [3.63, 3.8) is 0 Å². The van der Waals surface area contributed by atoms with Gasteiger partial charge in [-0.3, -0.25) is 0 Å². The second-order valence-electron chi connectivity index (χ2n) is 9.18. The van der Waals surface area contributed by atoms with Crippen LogP contribution in [0.5, 0.6) is 0 Å². The zero-order valence-electron chi connectivity index (χ0n) is 17.9. The number of pyridine rings is 1. The maximum absolute atomic E-state index is 14.4. The lowest BCUT2D eigenvalue weighted by molar-refractivity contribution is 0.149. The predicted molar refractivity (Wildman–Crippen MR) is 122 cm³/mol. The van der Waals surface area contributed by atoms with Gasteiger partial charge in [0, 0.05) is 31.4 Å². The molecule has 5 rings (SSSR count). The lowest BCUT2D eigenvalue weighted by atomic mass is 9.95. The summed E-state index contributed by atoms with van der Waals surface area (Å²) >= 11 is 0. The minimum atomic E-state index is -1.10. The first-order chi connectivity index (χ1) is 15.0. The summed E-state index contributed by atoms with van der Waals surface area (Å²) in [7, 11) is 0. The fourth-order valence-electron chi connectivity index (χ4n) is 4.77. The van der Waals surface area contributed by atoms with Gasteiger partial charge in [-0.05, 0) is 75.0 Å². The van der Waals surface area contributed by atoms with Gasteiger partial charge in [-0.2, -0.15) is 5.26 Å². The lowest BCUT2D eigenvalue weighted by Crippen LogP contribution is -2.40. The van der Waals surface area contributed by atoms with E-state index >= 15 is 0 Å². The van der Waals surface area contributed by atoms with Crippen LogP contribution in [0.1, 0.15) is 31.7 Å². The van der Waals surface area contributed by atoms with E-state index in [1.54, 1.807) is 6.92 Å². The Kier molecular flexibility index (Phi) is 5.15. The molecule has 0 bridgehead atoms. The summed E-state index contributed by atoms with van der Waals surface area (Å²) in [6, 6.07) is 14.2. The quantitative estimate of drug-likeness (QED) is 0.678. The van der Waals surface area contributed by atoms with Crippen LogP contribution in [0.2, 0.25) is 0 Å². The molecule has 2 aliphatic rings. The van der Waals surface area contributed by atoms with E-state index < -0.39 is 5.67 Å². The van der Waals surface area contributed by atoms with E-state index in [-0.39, 0.29) is 0 Å². The van der Waals surface area contributed by atoms with Gasteiger partial charge in [0.2, 0.25) is 0 Å². The molecule has 0 saturated carbocycles. The largest absolute Gasteiger partial charge is 0.356 e. The van der Waals surface area contributed by atoms with E-state index in [9.17, 15) is 9.65 Å². The Balaban J connectivity index is 1.57. The molecule has 2 aromatic heterocycles. The number of rotatable bonds is 4. The molecule has 0 radical (unpaired) electrons. The number of nitrogens with zero attached hydrogens (tertiary/aromatic N) is 4. The Morgan fingerprint density at radius 3 is 2.68 bits per heavy atom. The summed E-state index contributed by atoms with van der Waals surface area (Å²) in [6.07, 6.45) is 4.35. The van der Waals surface area contributed by atoms with Gasteiger partial charge in [-0.15, -0.1) is 0 Å². The van der Waals surface area contributed by atoms with Crippen molar-refractivity contribution in [2.45, 2.75) is 38.4 Å². The van der Waals surface area contributed by atoms with Gasteiger partial charge in [0.15, 0.2) is 0 Å². The summed E-state index contributed by atoms with van der Waals surface area (Å²) < 4.78 is 16.7. The number of aromatic nitrogens is 2. The average molecular weight is 418 g/mol. The van der Waals surface area contributed by atoms with Crippen molar-refractivity contribution in [2.75, 3.05) is 31.1 Å². The smallest absolute Gasteiger partial charge is 0.137 e. The van der Waals surface area contributed by atoms with Crippen molar-refractivity contribution in [1.82, 2.24) is 14.9 Å². The topological polar surface area (TPSA) is 56.9 Å². The number of anilines is 1. The third-order valence-corrected chi connectivity index (χ3v) is 6.78. The Morgan fingerprint density at radius 2 is 2.00 bits per heavy atom. The number of piperidine rings is 1. The normalized spacial score (nSPS) is 20.8. The molecule has 2 saturated heterocycles. The van der Waals surface area contributed by atoms with Crippen LogP contribution in [0.15, 0.2) is 42.6 Å². The number of fused-ring (bicyclic) bond motifs is 1. The van der Waals surface area contributed by atoms with E-state index in [0.717, 1.165) is 47.6 Å². The van der Waals surface area contributed by atoms with Gasteiger partial charge in [0.05, 0.1) is 22.7 Å². The molecule has 5 nitrogen and oxygen atoms in total. The summed E-state index contributed by atoms with van der Waals surface area (Å²) in [4.78, 5) is 7.28. The van der Waals surface area contributed by atoms with Gasteiger partial charge >= 0.3 is 0 Å². The van der Waals surface area contributed by atoms with Gasteiger partial charge in [0.1, 0.15) is 11.5 Å². The molecule has 2 fully saturated rings. The first-order valence-corrected chi connectivity index (χ1v) is 11.2. The molecule has 6 heteroatoms. The van der Waals surface area contributed by atoms with Crippen LogP contribution in [-0.2, 0) is 6.54 Å². The van der Waals surface area contributed by atoms with Crippen molar-refractivity contribution < 1.29 is 4.39 Å². The van der Waals surface area contributed by atoms with Crippen molar-refractivity contribution in [3.05, 3.63) is 48.2 Å². The van der Waals surface area contributed by atoms with Crippen molar-refractivity contribution in [3.8, 4) is 17.2 Å². The van der Waals surface area contributed by atoms with Crippen LogP contribution >= 0.6 is 0 Å². The Morgan fingerprint density at radius 1 is 1.23 bits per heavy atom. The van der Waals surface area contributed by atoms with E-state index in [0.29, 0.717) is 37.4 Å². The number of alkyl halides is 1. The van der Waals surface area contributed by atoms with Crippen LogP contribution in [-0.4, -0.2) is 41.4 Å². The number of hydrogen-bond acceptors (Lipinski definition) is 4. The minimum absolute atomic E-state index is 0.509. The third-order valence-electron chi connectivity index (χ3n) is 6.78. The zero-order chi connectivity index (χ0) is 21.4. The summed E-state index contributed by atoms with van der Waals surface area (Å²) in [5, 5.41) is 12.6. The maximum atomic E-state index is 14.4. The van der Waals surface area contributed by atoms with Gasteiger partial charge in [-0.1, -0.05) is 12.1 Å². The molecule has 160 valence electrons. The Labute approximate surface area is 182 Å². The lowest BCUT2D eigenvalue weighted by Gasteiger charge is -2.36. The third kappa shape index (κ3) is 4.03. The molecule has 0 amide bonds. The maximum Gasteiger partial charge on any atom is 0.137 e. The van der Waals surface area contributed by atoms with Gasteiger partial charge in [0.25, 0.3) is 0 Å². The van der Waals surface area contributed by atoms with Crippen molar-refractivity contribution in [2.24, 2.45) is 5.92 Å². The first kappa shape index (κ1) is 20.0. The first-order valence-electron chi connectivity index (χ1n) is 11.2. The van der Waals surface area contributed by atoms with Crippen molar-refractivity contribution >= 4 is 16.9 Å². The fourth-order valence-corrected chi connectivity index (χ4v) is 4.77. The minimum Gasteiger partial charge on any atom is -0.356 e. The summed E-state index contributed by atoms with van der Waals surface area (Å²) in [5.41, 5.74) is 3.72. The molecule has 2 aliphatic heterocycles. The number of benzene rings is 1. The van der Waals surface area contributed by atoms with Crippen LogP contribution in [0.4, 0.5) is 10.2 Å². The molecule has 3 aromatic rings. The van der Waals surface area contributed by atoms with E-state index in [2.05, 4.69) is 39.2 Å². The SMILES string of the molecule is CC1(F)CCN(c2nc3ccn(C[C@H]4CCNC4)c3cc2-c2ccc(C#N)cc2)CC1.